The van der Waals surface area contributed by atoms with Crippen LogP contribution in [0.2, 0.25) is 0 Å². The summed E-state index contributed by atoms with van der Waals surface area (Å²) in [6, 6.07) is 15.1. The van der Waals surface area contributed by atoms with Gasteiger partial charge >= 0.3 is 0 Å². The largest absolute Gasteiger partial charge is 0.372 e. The molecule has 1 aliphatic rings. The van der Waals surface area contributed by atoms with E-state index in [0.29, 0.717) is 6.54 Å². The van der Waals surface area contributed by atoms with E-state index >= 15 is 0 Å². The number of halogens is 1. The number of aromatic nitrogens is 1. The van der Waals surface area contributed by atoms with E-state index in [1.54, 1.807) is 7.05 Å². The number of nitrogens with one attached hydrogen (secondary N) is 2. The summed E-state index contributed by atoms with van der Waals surface area (Å²) in [6.07, 6.45) is 2.59. The van der Waals surface area contributed by atoms with Gasteiger partial charge in [-0.3, -0.25) is 9.98 Å². The molecule has 5 nitrogen and oxygen atoms in total. The lowest BCUT2D eigenvalue weighted by Crippen LogP contribution is -2.38. The molecule has 1 atom stereocenters. The van der Waals surface area contributed by atoms with Crippen molar-refractivity contribution in [1.82, 2.24) is 15.6 Å². The van der Waals surface area contributed by atoms with Gasteiger partial charge in [-0.05, 0) is 56.5 Å². The van der Waals surface area contributed by atoms with Crippen LogP contribution in [0.15, 0.2) is 47.5 Å². The molecule has 0 amide bonds. The Balaban J connectivity index is 0.00000261. The molecule has 3 rings (SSSR count). The van der Waals surface area contributed by atoms with Gasteiger partial charge in [-0.15, -0.1) is 24.0 Å². The fourth-order valence-electron chi connectivity index (χ4n) is 3.32. The second kappa shape index (κ2) is 10.5. The standard InChI is InChI=1S/C21H29N5.HI/c1-16-8-6-10-19(24-16)15-23-21(22-3)25-17(2)18-9-7-11-20(14-18)26-12-4-5-13-26;/h6-11,14,17H,4-5,12-13,15H2,1-3H3,(H2,22,23,25);1H. The highest BCUT2D eigenvalue weighted by molar-refractivity contribution is 14.0. The van der Waals surface area contributed by atoms with Gasteiger partial charge in [0.2, 0.25) is 0 Å². The van der Waals surface area contributed by atoms with Crippen molar-refractivity contribution < 1.29 is 0 Å². The predicted octanol–water partition coefficient (Wildman–Crippen LogP) is 4.03. The summed E-state index contributed by atoms with van der Waals surface area (Å²) in [5.41, 5.74) is 4.63. The summed E-state index contributed by atoms with van der Waals surface area (Å²) in [5.74, 6) is 0.785. The number of anilines is 1. The van der Waals surface area contributed by atoms with Gasteiger partial charge < -0.3 is 15.5 Å². The lowest BCUT2D eigenvalue weighted by Gasteiger charge is -2.22. The van der Waals surface area contributed by atoms with E-state index in [9.17, 15) is 0 Å². The van der Waals surface area contributed by atoms with Crippen molar-refractivity contribution in [1.29, 1.82) is 0 Å². The number of aliphatic imine (C=N–C) groups is 1. The van der Waals surface area contributed by atoms with E-state index in [2.05, 4.69) is 56.7 Å². The van der Waals surface area contributed by atoms with Crippen LogP contribution in [-0.2, 0) is 6.54 Å². The Bertz CT molecular complexity index is 756. The summed E-state index contributed by atoms with van der Waals surface area (Å²) in [7, 11) is 1.80. The lowest BCUT2D eigenvalue weighted by atomic mass is 10.1. The molecule has 2 heterocycles. The molecule has 27 heavy (non-hydrogen) atoms. The average molecular weight is 479 g/mol. The molecule has 0 aliphatic carbocycles. The van der Waals surface area contributed by atoms with Crippen LogP contribution >= 0.6 is 24.0 Å². The zero-order valence-electron chi connectivity index (χ0n) is 16.4. The number of pyridine rings is 1. The molecule has 0 radical (unpaired) electrons. The second-order valence-corrected chi connectivity index (χ2v) is 6.85. The van der Waals surface area contributed by atoms with Crippen LogP contribution in [-0.4, -0.2) is 31.1 Å². The first-order chi connectivity index (χ1) is 12.7. The third-order valence-corrected chi connectivity index (χ3v) is 4.80. The summed E-state index contributed by atoms with van der Waals surface area (Å²) in [6.45, 7) is 7.16. The van der Waals surface area contributed by atoms with Gasteiger partial charge in [0.1, 0.15) is 0 Å². The molecule has 1 saturated heterocycles. The predicted molar refractivity (Wildman–Crippen MR) is 124 cm³/mol. The fraction of sp³-hybridized carbons (Fsp3) is 0.429. The number of benzene rings is 1. The maximum absolute atomic E-state index is 4.52. The van der Waals surface area contributed by atoms with E-state index in [4.69, 9.17) is 0 Å². The topological polar surface area (TPSA) is 52.6 Å². The Labute approximate surface area is 179 Å². The van der Waals surface area contributed by atoms with Gasteiger partial charge in [-0.2, -0.15) is 0 Å². The third-order valence-electron chi connectivity index (χ3n) is 4.80. The number of hydrogen-bond acceptors (Lipinski definition) is 3. The van der Waals surface area contributed by atoms with Crippen LogP contribution in [0.4, 0.5) is 5.69 Å². The Morgan fingerprint density at radius 2 is 1.93 bits per heavy atom. The van der Waals surface area contributed by atoms with Gasteiger partial charge in [-0.1, -0.05) is 18.2 Å². The average Bonchev–Trinajstić information content (AvgIpc) is 3.20. The van der Waals surface area contributed by atoms with Crippen LogP contribution in [0.3, 0.4) is 0 Å². The molecular formula is C21H30IN5. The maximum atomic E-state index is 4.52. The second-order valence-electron chi connectivity index (χ2n) is 6.85. The molecule has 1 aromatic heterocycles. The Kier molecular flexibility index (Phi) is 8.34. The van der Waals surface area contributed by atoms with Crippen LogP contribution in [0, 0.1) is 6.92 Å². The summed E-state index contributed by atoms with van der Waals surface area (Å²) >= 11 is 0. The molecule has 1 unspecified atom stereocenters. The van der Waals surface area contributed by atoms with Crippen molar-refractivity contribution in [2.24, 2.45) is 4.99 Å². The highest BCUT2D eigenvalue weighted by Gasteiger charge is 2.14. The molecule has 1 aromatic carbocycles. The van der Waals surface area contributed by atoms with E-state index in [1.807, 2.05) is 25.1 Å². The first-order valence-corrected chi connectivity index (χ1v) is 9.40. The van der Waals surface area contributed by atoms with Gasteiger partial charge in [-0.25, -0.2) is 0 Å². The summed E-state index contributed by atoms with van der Waals surface area (Å²) in [4.78, 5) is 11.3. The van der Waals surface area contributed by atoms with Crippen molar-refractivity contribution in [2.75, 3.05) is 25.0 Å². The van der Waals surface area contributed by atoms with Gasteiger partial charge in [0.15, 0.2) is 5.96 Å². The molecule has 0 saturated carbocycles. The number of nitrogens with zero attached hydrogens (tertiary/aromatic N) is 3. The first-order valence-electron chi connectivity index (χ1n) is 9.40. The lowest BCUT2D eigenvalue weighted by molar-refractivity contribution is 0.682. The smallest absolute Gasteiger partial charge is 0.191 e. The number of guanidine groups is 1. The molecule has 2 aromatic rings. The Morgan fingerprint density at radius 1 is 1.19 bits per heavy atom. The zero-order chi connectivity index (χ0) is 18.4. The molecule has 1 fully saturated rings. The van der Waals surface area contributed by atoms with E-state index in [1.165, 1.54) is 24.1 Å². The van der Waals surface area contributed by atoms with E-state index in [-0.39, 0.29) is 30.0 Å². The number of hydrogen-bond donors (Lipinski definition) is 2. The monoisotopic (exact) mass is 479 g/mol. The number of aryl methyl sites for hydroxylation is 1. The van der Waals surface area contributed by atoms with E-state index in [0.717, 1.165) is 30.4 Å². The van der Waals surface area contributed by atoms with Crippen molar-refractivity contribution in [3.05, 3.63) is 59.4 Å². The fourth-order valence-corrected chi connectivity index (χ4v) is 3.32. The molecule has 146 valence electrons. The molecule has 6 heteroatoms. The third kappa shape index (κ3) is 6.09. The summed E-state index contributed by atoms with van der Waals surface area (Å²) in [5, 5.41) is 6.83. The summed E-state index contributed by atoms with van der Waals surface area (Å²) < 4.78 is 0. The first kappa shape index (κ1) is 21.5. The SMILES string of the molecule is CN=C(NCc1cccc(C)n1)NC(C)c1cccc(N2CCCC2)c1.I. The van der Waals surface area contributed by atoms with Gasteiger partial charge in [0.25, 0.3) is 0 Å². The normalized spacial score (nSPS) is 15.2. The minimum absolute atomic E-state index is 0. The Morgan fingerprint density at radius 3 is 2.63 bits per heavy atom. The molecular weight excluding hydrogens is 449 g/mol. The van der Waals surface area contributed by atoms with Crippen LogP contribution in [0.5, 0.6) is 0 Å². The highest BCUT2D eigenvalue weighted by atomic mass is 127. The zero-order valence-corrected chi connectivity index (χ0v) is 18.7. The molecule has 1 aliphatic heterocycles. The van der Waals surface area contributed by atoms with E-state index < -0.39 is 0 Å². The number of rotatable bonds is 5. The maximum Gasteiger partial charge on any atom is 0.191 e. The van der Waals surface area contributed by atoms with Crippen molar-refractivity contribution in [3.63, 3.8) is 0 Å². The van der Waals surface area contributed by atoms with Crippen molar-refractivity contribution >= 4 is 35.6 Å². The molecule has 0 bridgehead atoms. The highest BCUT2D eigenvalue weighted by Crippen LogP contribution is 2.23. The Hall–Kier alpha value is -1.83. The van der Waals surface area contributed by atoms with Crippen LogP contribution < -0.4 is 15.5 Å². The van der Waals surface area contributed by atoms with Crippen molar-refractivity contribution in [3.8, 4) is 0 Å². The van der Waals surface area contributed by atoms with Gasteiger partial charge in [0, 0.05) is 31.5 Å². The quantitative estimate of drug-likeness (QED) is 0.386. The van der Waals surface area contributed by atoms with Crippen LogP contribution in [0.1, 0.15) is 42.8 Å². The minimum atomic E-state index is 0. The van der Waals surface area contributed by atoms with Gasteiger partial charge in [0.05, 0.1) is 18.3 Å². The minimum Gasteiger partial charge on any atom is -0.372 e. The molecule has 0 spiro atoms. The molecule has 2 N–H and O–H groups in total. The van der Waals surface area contributed by atoms with Crippen molar-refractivity contribution in [2.45, 2.75) is 39.3 Å². The van der Waals surface area contributed by atoms with Crippen LogP contribution in [0.25, 0.3) is 0 Å².